The number of likely N-dealkylation sites (tertiary alicyclic amines) is 1. The fourth-order valence-electron chi connectivity index (χ4n) is 3.17. The van der Waals surface area contributed by atoms with Gasteiger partial charge in [-0.1, -0.05) is 0 Å². The molecule has 2 saturated heterocycles. The number of amides is 1. The number of piperidine rings is 1. The van der Waals surface area contributed by atoms with Gasteiger partial charge in [0.1, 0.15) is 5.00 Å². The van der Waals surface area contributed by atoms with Gasteiger partial charge < -0.3 is 19.5 Å². The molecular formula is C17H24N2O5S. The second-order valence-electron chi connectivity index (χ2n) is 6.25. The minimum absolute atomic E-state index is 0.128. The van der Waals surface area contributed by atoms with E-state index < -0.39 is 11.8 Å². The molecule has 0 aliphatic carbocycles. The molecule has 0 unspecified atom stereocenters. The Hall–Kier alpha value is -1.48. The van der Waals surface area contributed by atoms with Crippen LogP contribution in [0.25, 0.3) is 0 Å². The SMILES string of the molecule is CCOC(=O)c1cc(C)sc1NC(=O)CN1CCC2(CC1)OCCO2. The average molecular weight is 368 g/mol. The number of nitrogens with zero attached hydrogens (tertiary/aromatic N) is 1. The smallest absolute Gasteiger partial charge is 0.341 e. The number of anilines is 1. The van der Waals surface area contributed by atoms with E-state index in [9.17, 15) is 9.59 Å². The van der Waals surface area contributed by atoms with Crippen LogP contribution in [0.15, 0.2) is 6.07 Å². The van der Waals surface area contributed by atoms with Gasteiger partial charge in [-0.25, -0.2) is 4.79 Å². The molecule has 1 aromatic rings. The highest BCUT2D eigenvalue weighted by molar-refractivity contribution is 7.16. The van der Waals surface area contributed by atoms with Crippen molar-refractivity contribution in [2.75, 3.05) is 44.8 Å². The van der Waals surface area contributed by atoms with Gasteiger partial charge in [0.15, 0.2) is 5.79 Å². The Labute approximate surface area is 151 Å². The lowest BCUT2D eigenvalue weighted by atomic mass is 10.0. The maximum atomic E-state index is 12.4. The number of esters is 1. The maximum Gasteiger partial charge on any atom is 0.341 e. The van der Waals surface area contributed by atoms with Crippen LogP contribution in [-0.4, -0.2) is 62.0 Å². The third kappa shape index (κ3) is 4.38. The van der Waals surface area contributed by atoms with Gasteiger partial charge in [-0.05, 0) is 19.9 Å². The molecule has 0 atom stereocenters. The first-order valence-corrected chi connectivity index (χ1v) is 9.41. The van der Waals surface area contributed by atoms with Crippen molar-refractivity contribution in [3.05, 3.63) is 16.5 Å². The number of hydrogen-bond acceptors (Lipinski definition) is 7. The highest BCUT2D eigenvalue weighted by atomic mass is 32.1. The van der Waals surface area contributed by atoms with E-state index in [-0.39, 0.29) is 12.5 Å². The van der Waals surface area contributed by atoms with Crippen LogP contribution in [0.1, 0.15) is 35.0 Å². The first kappa shape index (κ1) is 18.3. The van der Waals surface area contributed by atoms with Crippen molar-refractivity contribution in [3.63, 3.8) is 0 Å². The molecule has 1 N–H and O–H groups in total. The van der Waals surface area contributed by atoms with E-state index in [1.807, 2.05) is 6.92 Å². The molecule has 138 valence electrons. The molecule has 3 rings (SSSR count). The topological polar surface area (TPSA) is 77.1 Å². The van der Waals surface area contributed by atoms with E-state index in [1.54, 1.807) is 13.0 Å². The summed E-state index contributed by atoms with van der Waals surface area (Å²) in [4.78, 5) is 27.4. The molecule has 7 nitrogen and oxygen atoms in total. The van der Waals surface area contributed by atoms with Crippen LogP contribution in [0.3, 0.4) is 0 Å². The normalized spacial score (nSPS) is 19.9. The molecule has 2 fully saturated rings. The summed E-state index contributed by atoms with van der Waals surface area (Å²) in [5.74, 6) is -0.969. The molecule has 0 aromatic carbocycles. The molecule has 3 heterocycles. The van der Waals surface area contributed by atoms with Crippen LogP contribution in [0.5, 0.6) is 0 Å². The lowest BCUT2D eigenvalue weighted by Crippen LogP contribution is -2.47. The lowest BCUT2D eigenvalue weighted by molar-refractivity contribution is -0.185. The average Bonchev–Trinajstić information content (AvgIpc) is 3.17. The van der Waals surface area contributed by atoms with Crippen molar-refractivity contribution in [2.45, 2.75) is 32.5 Å². The van der Waals surface area contributed by atoms with E-state index in [1.165, 1.54) is 11.3 Å². The first-order chi connectivity index (χ1) is 12.0. The Morgan fingerprint density at radius 1 is 1.32 bits per heavy atom. The van der Waals surface area contributed by atoms with Gasteiger partial charge in [0.25, 0.3) is 0 Å². The Morgan fingerprint density at radius 3 is 2.64 bits per heavy atom. The Kier molecular flexibility index (Phi) is 5.73. The second kappa shape index (κ2) is 7.82. The standard InChI is InChI=1S/C17H24N2O5S/c1-3-22-16(21)13-10-12(2)25-15(13)18-14(20)11-19-6-4-17(5-7-19)23-8-9-24-17/h10H,3-9,11H2,1-2H3,(H,18,20). The van der Waals surface area contributed by atoms with Crippen molar-refractivity contribution >= 4 is 28.2 Å². The van der Waals surface area contributed by atoms with Crippen LogP contribution in [0.4, 0.5) is 5.00 Å². The van der Waals surface area contributed by atoms with Crippen molar-refractivity contribution in [1.82, 2.24) is 4.90 Å². The number of carbonyl (C=O) groups is 2. The molecule has 0 saturated carbocycles. The van der Waals surface area contributed by atoms with Gasteiger partial charge in [0.05, 0.1) is 31.9 Å². The Balaban J connectivity index is 1.54. The number of nitrogens with one attached hydrogen (secondary N) is 1. The fourth-order valence-corrected chi connectivity index (χ4v) is 4.09. The predicted octanol–water partition coefficient (Wildman–Crippen LogP) is 2.01. The zero-order chi connectivity index (χ0) is 17.9. The molecule has 2 aliphatic rings. The number of thiophene rings is 1. The van der Waals surface area contributed by atoms with Crippen molar-refractivity contribution in [2.24, 2.45) is 0 Å². The highest BCUT2D eigenvalue weighted by Gasteiger charge is 2.40. The predicted molar refractivity (Wildman–Crippen MR) is 94.0 cm³/mol. The number of aryl methyl sites for hydroxylation is 1. The molecular weight excluding hydrogens is 344 g/mol. The van der Waals surface area contributed by atoms with Crippen LogP contribution in [0, 0.1) is 6.92 Å². The first-order valence-electron chi connectivity index (χ1n) is 8.59. The summed E-state index contributed by atoms with van der Waals surface area (Å²) in [7, 11) is 0. The van der Waals surface area contributed by atoms with E-state index in [2.05, 4.69) is 10.2 Å². The summed E-state index contributed by atoms with van der Waals surface area (Å²) in [6, 6.07) is 1.75. The summed E-state index contributed by atoms with van der Waals surface area (Å²) in [5.41, 5.74) is 0.419. The monoisotopic (exact) mass is 368 g/mol. The number of hydrogen-bond donors (Lipinski definition) is 1. The van der Waals surface area contributed by atoms with Crippen molar-refractivity contribution < 1.29 is 23.8 Å². The second-order valence-corrected chi connectivity index (χ2v) is 7.51. The molecule has 1 spiro atoms. The zero-order valence-electron chi connectivity index (χ0n) is 14.6. The molecule has 8 heteroatoms. The van der Waals surface area contributed by atoms with E-state index in [4.69, 9.17) is 14.2 Å². The maximum absolute atomic E-state index is 12.4. The molecule has 0 radical (unpaired) electrons. The van der Waals surface area contributed by atoms with Gasteiger partial charge in [-0.15, -0.1) is 11.3 Å². The molecule has 25 heavy (non-hydrogen) atoms. The lowest BCUT2D eigenvalue weighted by Gasteiger charge is -2.37. The third-order valence-corrected chi connectivity index (χ3v) is 5.37. The summed E-state index contributed by atoms with van der Waals surface area (Å²) < 4.78 is 16.4. The summed E-state index contributed by atoms with van der Waals surface area (Å²) in [6.45, 7) is 7.05. The van der Waals surface area contributed by atoms with Crippen LogP contribution in [-0.2, 0) is 19.0 Å². The molecule has 0 bridgehead atoms. The largest absolute Gasteiger partial charge is 0.462 e. The summed E-state index contributed by atoms with van der Waals surface area (Å²) >= 11 is 1.38. The van der Waals surface area contributed by atoms with E-state index >= 15 is 0 Å². The van der Waals surface area contributed by atoms with Gasteiger partial charge in [-0.2, -0.15) is 0 Å². The van der Waals surface area contributed by atoms with Crippen LogP contribution in [0.2, 0.25) is 0 Å². The summed E-state index contributed by atoms with van der Waals surface area (Å²) in [6.07, 6.45) is 1.54. The minimum Gasteiger partial charge on any atom is -0.462 e. The van der Waals surface area contributed by atoms with E-state index in [0.717, 1.165) is 30.8 Å². The Morgan fingerprint density at radius 2 is 2.00 bits per heavy atom. The fraction of sp³-hybridized carbons (Fsp3) is 0.647. The minimum atomic E-state index is -0.436. The zero-order valence-corrected chi connectivity index (χ0v) is 15.4. The number of ether oxygens (including phenoxy) is 3. The van der Waals surface area contributed by atoms with Crippen LogP contribution >= 0.6 is 11.3 Å². The van der Waals surface area contributed by atoms with Gasteiger partial charge >= 0.3 is 5.97 Å². The summed E-state index contributed by atoms with van der Waals surface area (Å²) in [5, 5.41) is 3.41. The quantitative estimate of drug-likeness (QED) is 0.801. The van der Waals surface area contributed by atoms with Gasteiger partial charge in [0, 0.05) is 30.8 Å². The van der Waals surface area contributed by atoms with Gasteiger partial charge in [-0.3, -0.25) is 9.69 Å². The van der Waals surface area contributed by atoms with E-state index in [0.29, 0.717) is 30.4 Å². The molecule has 2 aliphatic heterocycles. The Bertz CT molecular complexity index is 629. The van der Waals surface area contributed by atoms with Crippen molar-refractivity contribution in [3.8, 4) is 0 Å². The van der Waals surface area contributed by atoms with Crippen molar-refractivity contribution in [1.29, 1.82) is 0 Å². The van der Waals surface area contributed by atoms with Gasteiger partial charge in [0.2, 0.25) is 5.91 Å². The van der Waals surface area contributed by atoms with Crippen LogP contribution < -0.4 is 5.32 Å². The molecule has 1 aromatic heterocycles. The highest BCUT2D eigenvalue weighted by Crippen LogP contribution is 2.31. The molecule has 1 amide bonds. The third-order valence-electron chi connectivity index (χ3n) is 4.40. The number of carbonyl (C=O) groups excluding carboxylic acids is 2. The number of rotatable bonds is 5.